The maximum atomic E-state index is 9.95. The van der Waals surface area contributed by atoms with E-state index in [0.29, 0.717) is 6.42 Å². The molecule has 18 heavy (non-hydrogen) atoms. The fourth-order valence-corrected chi connectivity index (χ4v) is 2.18. The Kier molecular flexibility index (Phi) is 4.31. The molecule has 0 aromatic carbocycles. The maximum Gasteiger partial charge on any atom is 0.113 e. The minimum absolute atomic E-state index is 0.406. The standard InChI is InChI=1S/C13H18O5/c14-7-9-10(15)11(16)12(17)13(18-9)8-5-3-1-2-4-6-8/h1-3,5-6,9-17H,4,7H2/t9-,10-,11+,12-,13+/m1/s1. The van der Waals surface area contributed by atoms with E-state index in [1.54, 1.807) is 6.08 Å². The van der Waals surface area contributed by atoms with Crippen LogP contribution in [-0.2, 0) is 4.74 Å². The van der Waals surface area contributed by atoms with E-state index in [1.165, 1.54) is 0 Å². The zero-order valence-corrected chi connectivity index (χ0v) is 9.88. The van der Waals surface area contributed by atoms with E-state index in [4.69, 9.17) is 9.84 Å². The summed E-state index contributed by atoms with van der Waals surface area (Å²) in [5.74, 6) is 0. The molecule has 1 aliphatic heterocycles. The summed E-state index contributed by atoms with van der Waals surface area (Å²) in [5.41, 5.74) is 0.733. The predicted octanol–water partition coefficient (Wildman–Crippen LogP) is -0.729. The van der Waals surface area contributed by atoms with Gasteiger partial charge in [0, 0.05) is 0 Å². The maximum absolute atomic E-state index is 9.95. The molecule has 0 aromatic heterocycles. The lowest BCUT2D eigenvalue weighted by Gasteiger charge is -2.40. The molecule has 2 rings (SSSR count). The van der Waals surface area contributed by atoms with Crippen molar-refractivity contribution in [3.05, 3.63) is 36.0 Å². The average Bonchev–Trinajstić information content (AvgIpc) is 2.65. The average molecular weight is 254 g/mol. The molecule has 0 bridgehead atoms. The lowest BCUT2D eigenvalue weighted by atomic mass is 9.90. The Bertz CT molecular complexity index is 372. The van der Waals surface area contributed by atoms with Gasteiger partial charge in [-0.2, -0.15) is 0 Å². The number of allylic oxidation sites excluding steroid dienone is 4. The Labute approximate surface area is 105 Å². The molecule has 1 saturated heterocycles. The molecule has 0 unspecified atom stereocenters. The lowest BCUT2D eigenvalue weighted by molar-refractivity contribution is -0.218. The van der Waals surface area contributed by atoms with Crippen molar-refractivity contribution in [1.82, 2.24) is 0 Å². The van der Waals surface area contributed by atoms with Crippen LogP contribution >= 0.6 is 0 Å². The van der Waals surface area contributed by atoms with Crippen LogP contribution in [0.1, 0.15) is 6.42 Å². The SMILES string of the molecule is OC[C@H]1O[C@@H](C2=CCC=CC=C2)[C@H](O)[C@@H](O)[C@@H]1O. The zero-order chi connectivity index (χ0) is 13.1. The highest BCUT2D eigenvalue weighted by Gasteiger charge is 2.44. The van der Waals surface area contributed by atoms with E-state index < -0.39 is 37.1 Å². The quantitative estimate of drug-likeness (QED) is 0.522. The van der Waals surface area contributed by atoms with Crippen molar-refractivity contribution in [2.24, 2.45) is 0 Å². The Morgan fingerprint density at radius 3 is 2.61 bits per heavy atom. The first-order chi connectivity index (χ1) is 8.65. The number of rotatable bonds is 2. The normalized spacial score (nSPS) is 40.4. The first-order valence-electron chi connectivity index (χ1n) is 5.99. The number of hydrogen-bond donors (Lipinski definition) is 4. The van der Waals surface area contributed by atoms with Gasteiger partial charge in [-0.25, -0.2) is 0 Å². The highest BCUT2D eigenvalue weighted by atomic mass is 16.5. The Balaban J connectivity index is 2.19. The monoisotopic (exact) mass is 254 g/mol. The second kappa shape index (κ2) is 5.77. The number of aliphatic hydroxyl groups is 4. The van der Waals surface area contributed by atoms with Gasteiger partial charge in [-0.1, -0.05) is 30.4 Å². The van der Waals surface area contributed by atoms with Gasteiger partial charge >= 0.3 is 0 Å². The molecule has 0 saturated carbocycles. The van der Waals surface area contributed by atoms with Crippen LogP contribution in [0.5, 0.6) is 0 Å². The van der Waals surface area contributed by atoms with Gasteiger partial charge in [0.1, 0.15) is 30.5 Å². The molecule has 0 radical (unpaired) electrons. The van der Waals surface area contributed by atoms with Crippen LogP contribution in [0.2, 0.25) is 0 Å². The largest absolute Gasteiger partial charge is 0.394 e. The van der Waals surface area contributed by atoms with Gasteiger partial charge in [0.15, 0.2) is 0 Å². The molecule has 1 heterocycles. The van der Waals surface area contributed by atoms with E-state index in [2.05, 4.69) is 0 Å². The smallest absolute Gasteiger partial charge is 0.113 e. The summed E-state index contributed by atoms with van der Waals surface area (Å²) >= 11 is 0. The summed E-state index contributed by atoms with van der Waals surface area (Å²) in [5, 5.41) is 38.5. The minimum Gasteiger partial charge on any atom is -0.394 e. The first kappa shape index (κ1) is 13.5. The van der Waals surface area contributed by atoms with Gasteiger partial charge in [0.2, 0.25) is 0 Å². The lowest BCUT2D eigenvalue weighted by Crippen LogP contribution is -2.58. The topological polar surface area (TPSA) is 90.2 Å². The molecule has 5 heteroatoms. The van der Waals surface area contributed by atoms with Gasteiger partial charge in [-0.05, 0) is 12.0 Å². The molecule has 0 amide bonds. The highest BCUT2D eigenvalue weighted by molar-refractivity contribution is 5.31. The van der Waals surface area contributed by atoms with Gasteiger partial charge in [0.25, 0.3) is 0 Å². The minimum atomic E-state index is -1.33. The number of ether oxygens (including phenoxy) is 1. The van der Waals surface area contributed by atoms with Gasteiger partial charge in [0.05, 0.1) is 6.61 Å². The summed E-state index contributed by atoms with van der Waals surface area (Å²) in [6, 6.07) is 0. The molecule has 5 atom stereocenters. The van der Waals surface area contributed by atoms with E-state index in [9.17, 15) is 15.3 Å². The molecule has 1 aliphatic carbocycles. The Morgan fingerprint density at radius 1 is 1.11 bits per heavy atom. The molecule has 2 aliphatic rings. The number of aliphatic hydroxyl groups excluding tert-OH is 4. The second-order valence-electron chi connectivity index (χ2n) is 4.48. The Hall–Kier alpha value is -0.980. The summed E-state index contributed by atoms with van der Waals surface area (Å²) in [7, 11) is 0. The van der Waals surface area contributed by atoms with Crippen LogP contribution in [-0.4, -0.2) is 57.6 Å². The highest BCUT2D eigenvalue weighted by Crippen LogP contribution is 2.27. The van der Waals surface area contributed by atoms with E-state index in [1.807, 2.05) is 24.3 Å². The van der Waals surface area contributed by atoms with Crippen LogP contribution in [0.4, 0.5) is 0 Å². The molecular formula is C13H18O5. The third-order valence-electron chi connectivity index (χ3n) is 3.25. The van der Waals surface area contributed by atoms with Crippen molar-refractivity contribution in [2.45, 2.75) is 36.9 Å². The second-order valence-corrected chi connectivity index (χ2v) is 4.48. The molecule has 1 fully saturated rings. The molecule has 4 N–H and O–H groups in total. The Morgan fingerprint density at radius 2 is 1.89 bits per heavy atom. The van der Waals surface area contributed by atoms with Crippen molar-refractivity contribution < 1.29 is 25.2 Å². The summed E-state index contributed by atoms with van der Waals surface area (Å²) in [6.07, 6.45) is 4.58. The zero-order valence-electron chi connectivity index (χ0n) is 9.88. The van der Waals surface area contributed by atoms with E-state index in [0.717, 1.165) is 5.57 Å². The summed E-state index contributed by atoms with van der Waals surface area (Å²) in [6.45, 7) is -0.406. The van der Waals surface area contributed by atoms with E-state index >= 15 is 0 Å². The summed E-state index contributed by atoms with van der Waals surface area (Å²) < 4.78 is 5.47. The van der Waals surface area contributed by atoms with Gasteiger partial charge < -0.3 is 25.2 Å². The first-order valence-corrected chi connectivity index (χ1v) is 5.99. The predicted molar refractivity (Wildman–Crippen MR) is 64.7 cm³/mol. The summed E-state index contributed by atoms with van der Waals surface area (Å²) in [4.78, 5) is 0. The molecule has 100 valence electrons. The van der Waals surface area contributed by atoms with Crippen LogP contribution in [0, 0.1) is 0 Å². The van der Waals surface area contributed by atoms with E-state index in [-0.39, 0.29) is 0 Å². The van der Waals surface area contributed by atoms with Crippen molar-refractivity contribution in [1.29, 1.82) is 0 Å². The fourth-order valence-electron chi connectivity index (χ4n) is 2.18. The molecule has 0 spiro atoms. The van der Waals surface area contributed by atoms with Gasteiger partial charge in [-0.15, -0.1) is 0 Å². The van der Waals surface area contributed by atoms with Crippen molar-refractivity contribution in [3.63, 3.8) is 0 Å². The van der Waals surface area contributed by atoms with Crippen molar-refractivity contribution >= 4 is 0 Å². The van der Waals surface area contributed by atoms with Gasteiger partial charge in [-0.3, -0.25) is 0 Å². The van der Waals surface area contributed by atoms with Crippen LogP contribution in [0.3, 0.4) is 0 Å². The van der Waals surface area contributed by atoms with Crippen LogP contribution < -0.4 is 0 Å². The molecular weight excluding hydrogens is 236 g/mol. The third-order valence-corrected chi connectivity index (χ3v) is 3.25. The third kappa shape index (κ3) is 2.55. The fraction of sp³-hybridized carbons (Fsp3) is 0.538. The van der Waals surface area contributed by atoms with Crippen LogP contribution in [0.25, 0.3) is 0 Å². The van der Waals surface area contributed by atoms with Crippen LogP contribution in [0.15, 0.2) is 36.0 Å². The molecule has 0 aromatic rings. The molecule has 5 nitrogen and oxygen atoms in total. The number of hydrogen-bond acceptors (Lipinski definition) is 5. The van der Waals surface area contributed by atoms with Crippen molar-refractivity contribution in [2.75, 3.05) is 6.61 Å². The van der Waals surface area contributed by atoms with Crippen molar-refractivity contribution in [3.8, 4) is 0 Å².